The van der Waals surface area contributed by atoms with E-state index in [1.54, 1.807) is 0 Å². The molecule has 0 aromatic rings. The molecule has 18 heavy (non-hydrogen) atoms. The smallest absolute Gasteiger partial charge is 0.222 e. The van der Waals surface area contributed by atoms with Crippen LogP contribution in [0.4, 0.5) is 0 Å². The second kappa shape index (κ2) is 11.5. The molecule has 0 saturated carbocycles. The van der Waals surface area contributed by atoms with Gasteiger partial charge in [-0.15, -0.1) is 0 Å². The highest BCUT2D eigenvalue weighted by atomic mass is 16.1. The molecule has 3 N–H and O–H groups in total. The average molecular weight is 257 g/mol. The first-order valence-electron chi connectivity index (χ1n) is 7.26. The lowest BCUT2D eigenvalue weighted by Crippen LogP contribution is -2.30. The molecule has 0 aliphatic heterocycles. The molecule has 0 aliphatic rings. The Kier molecular flexibility index (Phi) is 11.1. The number of carbonyl (C=O) groups excluding carboxylic acids is 1. The third-order valence-electron chi connectivity index (χ3n) is 2.69. The van der Waals surface area contributed by atoms with Crippen LogP contribution < -0.4 is 16.0 Å². The summed E-state index contributed by atoms with van der Waals surface area (Å²) in [5.41, 5.74) is 0. The molecule has 0 heterocycles. The summed E-state index contributed by atoms with van der Waals surface area (Å²) in [6, 6.07) is 0.586. The van der Waals surface area contributed by atoms with Crippen LogP contribution in [0.15, 0.2) is 0 Å². The van der Waals surface area contributed by atoms with E-state index in [2.05, 4.69) is 29.8 Å². The quantitative estimate of drug-likeness (QED) is 0.492. The molecule has 0 aliphatic carbocycles. The van der Waals surface area contributed by atoms with Crippen molar-refractivity contribution < 1.29 is 4.79 Å². The number of hydrogen-bond acceptors (Lipinski definition) is 3. The van der Waals surface area contributed by atoms with Crippen molar-refractivity contribution in [3.05, 3.63) is 0 Å². The maximum atomic E-state index is 11.3. The van der Waals surface area contributed by atoms with Crippen LogP contribution >= 0.6 is 0 Å². The van der Waals surface area contributed by atoms with Crippen LogP contribution in [0.5, 0.6) is 0 Å². The van der Waals surface area contributed by atoms with Crippen molar-refractivity contribution in [3.63, 3.8) is 0 Å². The van der Waals surface area contributed by atoms with Crippen molar-refractivity contribution in [2.75, 3.05) is 26.2 Å². The minimum absolute atomic E-state index is 0.0893. The molecule has 0 bridgehead atoms. The first-order valence-corrected chi connectivity index (χ1v) is 7.26. The fourth-order valence-corrected chi connectivity index (χ4v) is 1.52. The predicted octanol–water partition coefficient (Wildman–Crippen LogP) is 1.52. The zero-order valence-corrected chi connectivity index (χ0v) is 12.5. The van der Waals surface area contributed by atoms with Gasteiger partial charge in [0.15, 0.2) is 0 Å². The third kappa shape index (κ3) is 11.9. The second-order valence-electron chi connectivity index (χ2n) is 5.37. The van der Waals surface area contributed by atoms with Gasteiger partial charge in [0.25, 0.3) is 0 Å². The highest BCUT2D eigenvalue weighted by Crippen LogP contribution is 1.90. The second-order valence-corrected chi connectivity index (χ2v) is 5.37. The summed E-state index contributed by atoms with van der Waals surface area (Å²) in [5, 5.41) is 9.72. The van der Waals surface area contributed by atoms with E-state index in [9.17, 15) is 4.79 Å². The summed E-state index contributed by atoms with van der Waals surface area (Å²) >= 11 is 0. The summed E-state index contributed by atoms with van der Waals surface area (Å²) < 4.78 is 0. The number of carbonyl (C=O) groups is 1. The topological polar surface area (TPSA) is 53.2 Å². The minimum atomic E-state index is 0.0893. The Balaban J connectivity index is 3.10. The highest BCUT2D eigenvalue weighted by molar-refractivity contribution is 5.77. The molecule has 0 radical (unpaired) electrons. The van der Waals surface area contributed by atoms with Gasteiger partial charge in [0.1, 0.15) is 0 Å². The van der Waals surface area contributed by atoms with E-state index in [1.807, 2.05) is 13.8 Å². The van der Waals surface area contributed by atoms with E-state index in [4.69, 9.17) is 0 Å². The summed E-state index contributed by atoms with van der Waals surface area (Å²) in [5.74, 6) is 0.237. The number of nitrogens with one attached hydrogen (secondary N) is 3. The van der Waals surface area contributed by atoms with E-state index in [0.717, 1.165) is 32.6 Å². The average Bonchev–Trinajstić information content (AvgIpc) is 2.30. The zero-order valence-electron chi connectivity index (χ0n) is 12.5. The molecule has 0 spiro atoms. The van der Waals surface area contributed by atoms with Gasteiger partial charge in [0.2, 0.25) is 5.91 Å². The number of rotatable bonds is 11. The Labute approximate surface area is 112 Å². The Bertz CT molecular complexity index is 205. The normalized spacial score (nSPS) is 11.2. The minimum Gasteiger partial charge on any atom is -0.356 e. The monoisotopic (exact) mass is 257 g/mol. The van der Waals surface area contributed by atoms with E-state index in [1.165, 1.54) is 12.8 Å². The molecular formula is C14H31N3O. The van der Waals surface area contributed by atoms with Gasteiger partial charge >= 0.3 is 0 Å². The van der Waals surface area contributed by atoms with E-state index < -0.39 is 0 Å². The first-order chi connectivity index (χ1) is 8.54. The zero-order chi connectivity index (χ0) is 13.8. The Morgan fingerprint density at radius 3 is 2.11 bits per heavy atom. The molecule has 0 fully saturated rings. The molecule has 1 amide bonds. The standard InChI is InChI=1S/C14H31N3O/c1-12(2)14(18)17-11-7-9-15-8-5-6-10-16-13(3)4/h12-13,15-16H,5-11H2,1-4H3,(H,17,18). The number of hydrogen-bond donors (Lipinski definition) is 3. The number of amides is 1. The van der Waals surface area contributed by atoms with Crippen LogP contribution in [0.3, 0.4) is 0 Å². The molecular weight excluding hydrogens is 226 g/mol. The summed E-state index contributed by atoms with van der Waals surface area (Å²) in [4.78, 5) is 11.3. The van der Waals surface area contributed by atoms with Crippen molar-refractivity contribution in [2.45, 2.75) is 53.0 Å². The summed E-state index contributed by atoms with van der Waals surface area (Å²) in [7, 11) is 0. The lowest BCUT2D eigenvalue weighted by atomic mass is 10.2. The van der Waals surface area contributed by atoms with E-state index >= 15 is 0 Å². The highest BCUT2D eigenvalue weighted by Gasteiger charge is 2.04. The van der Waals surface area contributed by atoms with E-state index in [0.29, 0.717) is 6.04 Å². The lowest BCUT2D eigenvalue weighted by Gasteiger charge is -2.09. The Hall–Kier alpha value is -0.610. The van der Waals surface area contributed by atoms with Gasteiger partial charge < -0.3 is 16.0 Å². The van der Waals surface area contributed by atoms with Crippen LogP contribution in [0, 0.1) is 5.92 Å². The van der Waals surface area contributed by atoms with Crippen molar-refractivity contribution in [1.82, 2.24) is 16.0 Å². The summed E-state index contributed by atoms with van der Waals surface area (Å²) in [6.45, 7) is 12.1. The largest absolute Gasteiger partial charge is 0.356 e. The van der Waals surface area contributed by atoms with Gasteiger partial charge in [-0.3, -0.25) is 4.79 Å². The molecule has 0 aromatic heterocycles. The summed E-state index contributed by atoms with van der Waals surface area (Å²) in [6.07, 6.45) is 3.43. The van der Waals surface area contributed by atoms with Gasteiger partial charge in [0.05, 0.1) is 0 Å². The predicted molar refractivity (Wildman–Crippen MR) is 77.7 cm³/mol. The van der Waals surface area contributed by atoms with Gasteiger partial charge in [-0.2, -0.15) is 0 Å². The van der Waals surface area contributed by atoms with Gasteiger partial charge in [-0.25, -0.2) is 0 Å². The van der Waals surface area contributed by atoms with Gasteiger partial charge in [0, 0.05) is 18.5 Å². The maximum Gasteiger partial charge on any atom is 0.222 e. The van der Waals surface area contributed by atoms with Crippen molar-refractivity contribution in [1.29, 1.82) is 0 Å². The first kappa shape index (κ1) is 17.4. The van der Waals surface area contributed by atoms with Crippen molar-refractivity contribution in [3.8, 4) is 0 Å². The molecule has 0 saturated heterocycles. The molecule has 0 aromatic carbocycles. The Morgan fingerprint density at radius 1 is 0.889 bits per heavy atom. The van der Waals surface area contributed by atoms with Crippen molar-refractivity contribution in [2.24, 2.45) is 5.92 Å². The van der Waals surface area contributed by atoms with Crippen LogP contribution in [0.1, 0.15) is 47.0 Å². The number of unbranched alkanes of at least 4 members (excludes halogenated alkanes) is 1. The molecule has 0 rings (SSSR count). The van der Waals surface area contributed by atoms with E-state index in [-0.39, 0.29) is 11.8 Å². The van der Waals surface area contributed by atoms with Gasteiger partial charge in [-0.05, 0) is 38.9 Å². The lowest BCUT2D eigenvalue weighted by molar-refractivity contribution is -0.123. The Morgan fingerprint density at radius 2 is 1.50 bits per heavy atom. The fraction of sp³-hybridized carbons (Fsp3) is 0.929. The van der Waals surface area contributed by atoms with Crippen LogP contribution in [-0.2, 0) is 4.79 Å². The molecule has 0 atom stereocenters. The molecule has 108 valence electrons. The molecule has 4 nitrogen and oxygen atoms in total. The van der Waals surface area contributed by atoms with Crippen LogP contribution in [-0.4, -0.2) is 38.1 Å². The molecule has 0 unspecified atom stereocenters. The fourth-order valence-electron chi connectivity index (χ4n) is 1.52. The SMILES string of the molecule is CC(C)NCCCCNCCCNC(=O)C(C)C. The van der Waals surface area contributed by atoms with Crippen LogP contribution in [0.25, 0.3) is 0 Å². The van der Waals surface area contributed by atoms with Crippen molar-refractivity contribution >= 4 is 5.91 Å². The maximum absolute atomic E-state index is 11.3. The molecule has 4 heteroatoms. The third-order valence-corrected chi connectivity index (χ3v) is 2.69. The van der Waals surface area contributed by atoms with Gasteiger partial charge in [-0.1, -0.05) is 27.7 Å². The van der Waals surface area contributed by atoms with Crippen LogP contribution in [0.2, 0.25) is 0 Å².